The van der Waals surface area contributed by atoms with Crippen LogP contribution in [0.15, 0.2) is 24.3 Å². The Bertz CT molecular complexity index is 411. The molecule has 0 radical (unpaired) electrons. The number of rotatable bonds is 2. The van der Waals surface area contributed by atoms with Gasteiger partial charge in [0.05, 0.1) is 0 Å². The highest BCUT2D eigenvalue weighted by atomic mass is 16.2. The number of nitrogens with zero attached hydrogens (tertiary/aromatic N) is 1. The van der Waals surface area contributed by atoms with Crippen LogP contribution in [-0.2, 0) is 11.2 Å². The van der Waals surface area contributed by atoms with Gasteiger partial charge in [-0.2, -0.15) is 0 Å². The van der Waals surface area contributed by atoms with Gasteiger partial charge in [-0.1, -0.05) is 39.0 Å². The molecule has 0 saturated heterocycles. The van der Waals surface area contributed by atoms with Gasteiger partial charge in [0.1, 0.15) is 0 Å². The van der Waals surface area contributed by atoms with Crippen molar-refractivity contribution in [3.05, 3.63) is 29.8 Å². The summed E-state index contributed by atoms with van der Waals surface area (Å²) in [5.41, 5.74) is 2.43. The van der Waals surface area contributed by atoms with E-state index in [1.165, 1.54) is 5.56 Å². The van der Waals surface area contributed by atoms with Crippen molar-refractivity contribution in [2.24, 2.45) is 11.8 Å². The zero-order valence-corrected chi connectivity index (χ0v) is 10.9. The molecule has 2 rings (SSSR count). The minimum atomic E-state index is 0.263. The predicted octanol–water partition coefficient (Wildman–Crippen LogP) is 3.26. The van der Waals surface area contributed by atoms with Gasteiger partial charge in [0.25, 0.3) is 0 Å². The Morgan fingerprint density at radius 1 is 1.41 bits per heavy atom. The van der Waals surface area contributed by atoms with E-state index in [0.717, 1.165) is 18.7 Å². The van der Waals surface area contributed by atoms with Crippen LogP contribution in [0.3, 0.4) is 0 Å². The largest absolute Gasteiger partial charge is 0.312 e. The lowest BCUT2D eigenvalue weighted by Crippen LogP contribution is -2.39. The first-order valence-corrected chi connectivity index (χ1v) is 6.46. The van der Waals surface area contributed by atoms with Gasteiger partial charge in [0.2, 0.25) is 5.91 Å². The molecule has 1 atom stereocenters. The molecule has 1 unspecified atom stereocenters. The summed E-state index contributed by atoms with van der Waals surface area (Å²) in [5.74, 6) is 1.24. The normalized spacial score (nSPS) is 19.3. The Morgan fingerprint density at radius 3 is 2.82 bits per heavy atom. The highest BCUT2D eigenvalue weighted by molar-refractivity contribution is 5.94. The molecule has 1 aromatic rings. The van der Waals surface area contributed by atoms with Crippen LogP contribution in [0.5, 0.6) is 0 Å². The molecule has 1 aliphatic rings. The van der Waals surface area contributed by atoms with E-state index in [4.69, 9.17) is 0 Å². The summed E-state index contributed by atoms with van der Waals surface area (Å²) in [6, 6.07) is 8.28. The van der Waals surface area contributed by atoms with Crippen LogP contribution in [0.25, 0.3) is 0 Å². The first-order valence-electron chi connectivity index (χ1n) is 6.46. The number of carbonyl (C=O) groups is 1. The summed E-state index contributed by atoms with van der Waals surface area (Å²) in [4.78, 5) is 14.2. The number of fused-ring (bicyclic) bond motifs is 1. The standard InChI is InChI=1S/C15H21NO/c1-11(2)8-15(17)16-10-12(3)9-13-6-4-5-7-14(13)16/h4-7,11-12H,8-10H2,1-3H3. The number of anilines is 1. The number of benzene rings is 1. The summed E-state index contributed by atoms with van der Waals surface area (Å²) in [6.07, 6.45) is 1.72. The summed E-state index contributed by atoms with van der Waals surface area (Å²) >= 11 is 0. The third kappa shape index (κ3) is 2.68. The molecular weight excluding hydrogens is 210 g/mol. The molecule has 1 aliphatic heterocycles. The molecule has 0 fully saturated rings. The van der Waals surface area contributed by atoms with Crippen LogP contribution >= 0.6 is 0 Å². The van der Waals surface area contributed by atoms with Crippen LogP contribution in [0, 0.1) is 11.8 Å². The second-order valence-corrected chi connectivity index (χ2v) is 5.54. The average Bonchev–Trinajstić information content (AvgIpc) is 2.26. The van der Waals surface area contributed by atoms with Crippen LogP contribution < -0.4 is 4.90 Å². The molecule has 1 aromatic carbocycles. The van der Waals surface area contributed by atoms with E-state index in [0.29, 0.717) is 18.3 Å². The first kappa shape index (κ1) is 12.2. The summed E-state index contributed by atoms with van der Waals surface area (Å²) in [5, 5.41) is 0. The fourth-order valence-corrected chi connectivity index (χ4v) is 2.49. The second-order valence-electron chi connectivity index (χ2n) is 5.54. The highest BCUT2D eigenvalue weighted by Crippen LogP contribution is 2.30. The van der Waals surface area contributed by atoms with Gasteiger partial charge in [-0.3, -0.25) is 4.79 Å². The molecular formula is C15H21NO. The topological polar surface area (TPSA) is 20.3 Å². The maximum absolute atomic E-state index is 12.2. The van der Waals surface area contributed by atoms with Crippen molar-refractivity contribution in [1.29, 1.82) is 0 Å². The van der Waals surface area contributed by atoms with Gasteiger partial charge in [0, 0.05) is 18.7 Å². The molecule has 1 amide bonds. The molecule has 0 N–H and O–H groups in total. The number of carbonyl (C=O) groups excluding carboxylic acids is 1. The monoisotopic (exact) mass is 231 g/mol. The van der Waals surface area contributed by atoms with Gasteiger partial charge < -0.3 is 4.90 Å². The SMILES string of the molecule is CC(C)CC(=O)N1CC(C)Cc2ccccc21. The molecule has 0 aliphatic carbocycles. The zero-order valence-electron chi connectivity index (χ0n) is 10.9. The van der Waals surface area contributed by atoms with E-state index < -0.39 is 0 Å². The highest BCUT2D eigenvalue weighted by Gasteiger charge is 2.25. The Kier molecular flexibility index (Phi) is 3.51. The van der Waals surface area contributed by atoms with Crippen molar-refractivity contribution < 1.29 is 4.79 Å². The van der Waals surface area contributed by atoms with E-state index in [1.807, 2.05) is 11.0 Å². The minimum absolute atomic E-state index is 0.263. The van der Waals surface area contributed by atoms with Crippen molar-refractivity contribution >= 4 is 11.6 Å². The first-order chi connectivity index (χ1) is 8.08. The number of hydrogen-bond donors (Lipinski definition) is 0. The van der Waals surface area contributed by atoms with E-state index in [9.17, 15) is 4.79 Å². The van der Waals surface area contributed by atoms with Gasteiger partial charge in [-0.15, -0.1) is 0 Å². The molecule has 2 heteroatoms. The van der Waals surface area contributed by atoms with Crippen molar-refractivity contribution in [3.63, 3.8) is 0 Å². The van der Waals surface area contributed by atoms with Gasteiger partial charge >= 0.3 is 0 Å². The molecule has 2 nitrogen and oxygen atoms in total. The van der Waals surface area contributed by atoms with E-state index in [1.54, 1.807) is 0 Å². The zero-order chi connectivity index (χ0) is 12.4. The molecule has 1 heterocycles. The van der Waals surface area contributed by atoms with Gasteiger partial charge in [-0.05, 0) is 29.9 Å². The van der Waals surface area contributed by atoms with Crippen LogP contribution in [0.1, 0.15) is 32.8 Å². The molecule has 0 aromatic heterocycles. The lowest BCUT2D eigenvalue weighted by Gasteiger charge is -2.33. The number of hydrogen-bond acceptors (Lipinski definition) is 1. The van der Waals surface area contributed by atoms with Crippen LogP contribution in [-0.4, -0.2) is 12.5 Å². The van der Waals surface area contributed by atoms with Gasteiger partial charge in [0.15, 0.2) is 0 Å². The molecule has 17 heavy (non-hydrogen) atoms. The van der Waals surface area contributed by atoms with Crippen molar-refractivity contribution in [2.75, 3.05) is 11.4 Å². The summed E-state index contributed by atoms with van der Waals surface area (Å²) < 4.78 is 0. The number of para-hydroxylation sites is 1. The fourth-order valence-electron chi connectivity index (χ4n) is 2.49. The maximum atomic E-state index is 12.2. The smallest absolute Gasteiger partial charge is 0.227 e. The Labute approximate surface area is 104 Å². The molecule has 0 spiro atoms. The van der Waals surface area contributed by atoms with E-state index in [-0.39, 0.29) is 5.91 Å². The Balaban J connectivity index is 2.26. The number of amides is 1. The molecule has 0 bridgehead atoms. The van der Waals surface area contributed by atoms with Crippen molar-refractivity contribution in [3.8, 4) is 0 Å². The predicted molar refractivity (Wildman–Crippen MR) is 71.1 cm³/mol. The Hall–Kier alpha value is -1.31. The second kappa shape index (κ2) is 4.91. The van der Waals surface area contributed by atoms with E-state index >= 15 is 0 Å². The third-order valence-electron chi connectivity index (χ3n) is 3.23. The van der Waals surface area contributed by atoms with Crippen molar-refractivity contribution in [1.82, 2.24) is 0 Å². The molecule has 92 valence electrons. The lowest BCUT2D eigenvalue weighted by molar-refractivity contribution is -0.119. The van der Waals surface area contributed by atoms with Gasteiger partial charge in [-0.25, -0.2) is 0 Å². The fraction of sp³-hybridized carbons (Fsp3) is 0.533. The Morgan fingerprint density at radius 2 is 2.12 bits per heavy atom. The molecule has 0 saturated carbocycles. The summed E-state index contributed by atoms with van der Waals surface area (Å²) in [6.45, 7) is 7.27. The maximum Gasteiger partial charge on any atom is 0.227 e. The van der Waals surface area contributed by atoms with Crippen LogP contribution in [0.4, 0.5) is 5.69 Å². The third-order valence-corrected chi connectivity index (χ3v) is 3.23. The van der Waals surface area contributed by atoms with Crippen molar-refractivity contribution in [2.45, 2.75) is 33.6 Å². The summed E-state index contributed by atoms with van der Waals surface area (Å²) in [7, 11) is 0. The average molecular weight is 231 g/mol. The van der Waals surface area contributed by atoms with Crippen LogP contribution in [0.2, 0.25) is 0 Å². The minimum Gasteiger partial charge on any atom is -0.312 e. The quantitative estimate of drug-likeness (QED) is 0.765. The van der Waals surface area contributed by atoms with E-state index in [2.05, 4.69) is 39.0 Å². The lowest BCUT2D eigenvalue weighted by atomic mass is 9.93.